The monoisotopic (exact) mass is 308 g/mol. The van der Waals surface area contributed by atoms with E-state index in [1.807, 2.05) is 18.2 Å². The van der Waals surface area contributed by atoms with Crippen LogP contribution in [0.25, 0.3) is 10.9 Å². The van der Waals surface area contributed by atoms with E-state index in [0.29, 0.717) is 24.0 Å². The van der Waals surface area contributed by atoms with Gasteiger partial charge >= 0.3 is 0 Å². The molecule has 112 valence electrons. The third kappa shape index (κ3) is 4.14. The topological polar surface area (TPSA) is 71.5 Å². The second-order valence-electron chi connectivity index (χ2n) is 4.66. The normalized spacial score (nSPS) is 12.3. The van der Waals surface area contributed by atoms with E-state index in [-0.39, 0.29) is 17.7 Å². The number of ether oxygens (including phenoxy) is 1. The van der Waals surface area contributed by atoms with Gasteiger partial charge in [-0.05, 0) is 18.6 Å². The van der Waals surface area contributed by atoms with Crippen LogP contribution in [0.15, 0.2) is 30.3 Å². The van der Waals surface area contributed by atoms with Crippen molar-refractivity contribution in [2.24, 2.45) is 0 Å². The Morgan fingerprint density at radius 2 is 2.24 bits per heavy atom. The van der Waals surface area contributed by atoms with Crippen LogP contribution in [-0.4, -0.2) is 42.4 Å². The molecule has 1 aromatic carbocycles. The Balaban J connectivity index is 2.09. The molecule has 21 heavy (non-hydrogen) atoms. The Bertz CT molecular complexity index is 633. The maximum absolute atomic E-state index is 12.2. The summed E-state index contributed by atoms with van der Waals surface area (Å²) in [7, 11) is 1.52. The number of amides is 1. The molecule has 0 saturated carbocycles. The molecule has 0 bridgehead atoms. The van der Waals surface area contributed by atoms with Gasteiger partial charge in [0.15, 0.2) is 0 Å². The maximum atomic E-state index is 12.2. The van der Waals surface area contributed by atoms with E-state index in [2.05, 4.69) is 10.3 Å². The molecule has 0 aliphatic heterocycles. The number of carbonyl (C=O) groups is 1. The van der Waals surface area contributed by atoms with Gasteiger partial charge in [-0.1, -0.05) is 29.8 Å². The molecule has 1 amide bonds. The summed E-state index contributed by atoms with van der Waals surface area (Å²) in [5.41, 5.74) is 1.15. The first kappa shape index (κ1) is 15.7. The van der Waals surface area contributed by atoms with Crippen LogP contribution in [0, 0.1) is 0 Å². The fourth-order valence-electron chi connectivity index (χ4n) is 2.05. The second kappa shape index (κ2) is 7.36. The molecule has 0 aliphatic carbocycles. The first-order chi connectivity index (χ1) is 10.1. The Morgan fingerprint density at radius 1 is 1.48 bits per heavy atom. The molecule has 0 radical (unpaired) electrons. The quantitative estimate of drug-likeness (QED) is 0.801. The zero-order chi connectivity index (χ0) is 15.2. The first-order valence-corrected chi connectivity index (χ1v) is 7.00. The molecular formula is C15H17ClN2O3. The number of aliphatic hydroxyl groups is 1. The Hall–Kier alpha value is -1.69. The molecule has 6 heteroatoms. The number of nitrogens with one attached hydrogen (secondary N) is 1. The zero-order valence-electron chi connectivity index (χ0n) is 11.7. The SMILES string of the molecule is COCC(O)CCNC(=O)c1cc(Cl)nc2ccccc12. The number of halogens is 1. The van der Waals surface area contributed by atoms with Gasteiger partial charge < -0.3 is 15.2 Å². The highest BCUT2D eigenvalue weighted by Gasteiger charge is 2.12. The smallest absolute Gasteiger partial charge is 0.252 e. The number of benzene rings is 1. The Morgan fingerprint density at radius 3 is 3.00 bits per heavy atom. The molecule has 1 atom stereocenters. The zero-order valence-corrected chi connectivity index (χ0v) is 12.4. The predicted molar refractivity (Wildman–Crippen MR) is 81.6 cm³/mol. The van der Waals surface area contributed by atoms with Gasteiger partial charge in [-0.15, -0.1) is 0 Å². The van der Waals surface area contributed by atoms with Crippen LogP contribution in [0.3, 0.4) is 0 Å². The molecule has 0 spiro atoms. The summed E-state index contributed by atoms with van der Waals surface area (Å²) in [6.07, 6.45) is -0.163. The van der Waals surface area contributed by atoms with E-state index in [9.17, 15) is 9.90 Å². The molecule has 0 fully saturated rings. The molecule has 1 aromatic heterocycles. The lowest BCUT2D eigenvalue weighted by Crippen LogP contribution is -2.28. The van der Waals surface area contributed by atoms with Crippen molar-refractivity contribution in [1.29, 1.82) is 0 Å². The summed E-state index contributed by atoms with van der Waals surface area (Å²) in [5.74, 6) is -0.236. The van der Waals surface area contributed by atoms with Crippen molar-refractivity contribution in [2.45, 2.75) is 12.5 Å². The van der Waals surface area contributed by atoms with E-state index in [4.69, 9.17) is 16.3 Å². The first-order valence-electron chi connectivity index (χ1n) is 6.62. The highest BCUT2D eigenvalue weighted by atomic mass is 35.5. The third-order valence-electron chi connectivity index (χ3n) is 3.05. The number of aliphatic hydroxyl groups excluding tert-OH is 1. The minimum atomic E-state index is -0.590. The average Bonchev–Trinajstić information content (AvgIpc) is 2.46. The van der Waals surface area contributed by atoms with Crippen LogP contribution >= 0.6 is 11.6 Å². The lowest BCUT2D eigenvalue weighted by molar-refractivity contribution is 0.0588. The summed E-state index contributed by atoms with van der Waals surface area (Å²) < 4.78 is 4.83. The van der Waals surface area contributed by atoms with E-state index < -0.39 is 6.10 Å². The van der Waals surface area contributed by atoms with Crippen LogP contribution in [-0.2, 0) is 4.74 Å². The average molecular weight is 309 g/mol. The molecular weight excluding hydrogens is 292 g/mol. The highest BCUT2D eigenvalue weighted by molar-refractivity contribution is 6.30. The summed E-state index contributed by atoms with van der Waals surface area (Å²) in [4.78, 5) is 16.4. The lowest BCUT2D eigenvalue weighted by Gasteiger charge is -2.11. The van der Waals surface area contributed by atoms with Crippen molar-refractivity contribution in [3.8, 4) is 0 Å². The summed E-state index contributed by atoms with van der Waals surface area (Å²) in [5, 5.41) is 13.3. The number of hydrogen-bond acceptors (Lipinski definition) is 4. The standard InChI is InChI=1S/C15H17ClN2O3/c1-21-9-10(19)6-7-17-15(20)12-8-14(16)18-13-5-3-2-4-11(12)13/h2-5,8,10,19H,6-7,9H2,1H3,(H,17,20). The van der Waals surface area contributed by atoms with E-state index >= 15 is 0 Å². The van der Waals surface area contributed by atoms with Crippen LogP contribution < -0.4 is 5.32 Å². The minimum Gasteiger partial charge on any atom is -0.391 e. The van der Waals surface area contributed by atoms with Crippen LogP contribution in [0.2, 0.25) is 5.15 Å². The number of aromatic nitrogens is 1. The van der Waals surface area contributed by atoms with Crippen molar-refractivity contribution >= 4 is 28.4 Å². The summed E-state index contributed by atoms with van der Waals surface area (Å²) >= 11 is 5.95. The number of nitrogens with zero attached hydrogens (tertiary/aromatic N) is 1. The highest BCUT2D eigenvalue weighted by Crippen LogP contribution is 2.20. The van der Waals surface area contributed by atoms with Gasteiger partial charge in [-0.2, -0.15) is 0 Å². The van der Waals surface area contributed by atoms with Gasteiger partial charge in [0.1, 0.15) is 5.15 Å². The molecule has 0 saturated heterocycles. The number of hydrogen-bond donors (Lipinski definition) is 2. The number of pyridine rings is 1. The maximum Gasteiger partial charge on any atom is 0.252 e. The summed E-state index contributed by atoms with van der Waals surface area (Å²) in [6.45, 7) is 0.609. The predicted octanol–water partition coefficient (Wildman–Crippen LogP) is 2.02. The van der Waals surface area contributed by atoms with Gasteiger partial charge in [0, 0.05) is 19.0 Å². The number of methoxy groups -OCH3 is 1. The van der Waals surface area contributed by atoms with Crippen molar-refractivity contribution in [3.63, 3.8) is 0 Å². The van der Waals surface area contributed by atoms with E-state index in [1.165, 1.54) is 7.11 Å². The largest absolute Gasteiger partial charge is 0.391 e. The minimum absolute atomic E-state index is 0.236. The van der Waals surface area contributed by atoms with Crippen LogP contribution in [0.1, 0.15) is 16.8 Å². The molecule has 2 aromatic rings. The summed E-state index contributed by atoms with van der Waals surface area (Å²) in [6, 6.07) is 8.87. The van der Waals surface area contributed by atoms with Gasteiger partial charge in [0.05, 0.1) is 23.8 Å². The lowest BCUT2D eigenvalue weighted by atomic mass is 10.1. The fourth-order valence-corrected chi connectivity index (χ4v) is 2.25. The molecule has 2 N–H and O–H groups in total. The number of fused-ring (bicyclic) bond motifs is 1. The second-order valence-corrected chi connectivity index (χ2v) is 5.05. The van der Waals surface area contributed by atoms with Crippen molar-refractivity contribution in [3.05, 3.63) is 41.0 Å². The van der Waals surface area contributed by atoms with E-state index in [0.717, 1.165) is 5.39 Å². The fraction of sp³-hybridized carbons (Fsp3) is 0.333. The van der Waals surface area contributed by atoms with Crippen LogP contribution in [0.4, 0.5) is 0 Å². The molecule has 5 nitrogen and oxygen atoms in total. The Kier molecular flexibility index (Phi) is 5.50. The number of para-hydroxylation sites is 1. The van der Waals surface area contributed by atoms with Gasteiger partial charge in [0.2, 0.25) is 0 Å². The van der Waals surface area contributed by atoms with Crippen molar-refractivity contribution in [1.82, 2.24) is 10.3 Å². The molecule has 2 rings (SSSR count). The van der Waals surface area contributed by atoms with E-state index in [1.54, 1.807) is 12.1 Å². The molecule has 0 aliphatic rings. The van der Waals surface area contributed by atoms with Gasteiger partial charge in [-0.25, -0.2) is 4.98 Å². The van der Waals surface area contributed by atoms with Crippen molar-refractivity contribution < 1.29 is 14.6 Å². The Labute approximate surface area is 127 Å². The number of rotatable bonds is 6. The van der Waals surface area contributed by atoms with Crippen molar-refractivity contribution in [2.75, 3.05) is 20.3 Å². The molecule has 1 heterocycles. The van der Waals surface area contributed by atoms with Gasteiger partial charge in [0.25, 0.3) is 5.91 Å². The number of carbonyl (C=O) groups excluding carboxylic acids is 1. The third-order valence-corrected chi connectivity index (χ3v) is 3.25. The van der Waals surface area contributed by atoms with Gasteiger partial charge in [-0.3, -0.25) is 4.79 Å². The molecule has 1 unspecified atom stereocenters. The van der Waals surface area contributed by atoms with Crippen LogP contribution in [0.5, 0.6) is 0 Å².